The predicted octanol–water partition coefficient (Wildman–Crippen LogP) is 2.65. The molecule has 2 aromatic heterocycles. The highest BCUT2D eigenvalue weighted by molar-refractivity contribution is 7.91. The van der Waals surface area contributed by atoms with Gasteiger partial charge in [-0.1, -0.05) is 18.1 Å². The molecule has 22 heavy (non-hydrogen) atoms. The summed E-state index contributed by atoms with van der Waals surface area (Å²) in [6, 6.07) is 3.41. The van der Waals surface area contributed by atoms with Gasteiger partial charge in [0.15, 0.2) is 5.82 Å². The molecule has 0 N–H and O–H groups in total. The van der Waals surface area contributed by atoms with E-state index in [9.17, 15) is 8.42 Å². The molecular weight excluding hydrogens is 322 g/mol. The summed E-state index contributed by atoms with van der Waals surface area (Å²) in [5, 5.41) is 5.75. The molecule has 0 unspecified atom stereocenters. The number of aromatic nitrogens is 2. The van der Waals surface area contributed by atoms with E-state index in [4.69, 9.17) is 4.52 Å². The van der Waals surface area contributed by atoms with E-state index in [2.05, 4.69) is 17.1 Å². The highest BCUT2D eigenvalue weighted by atomic mass is 32.2. The van der Waals surface area contributed by atoms with Crippen LogP contribution in [0.3, 0.4) is 0 Å². The van der Waals surface area contributed by atoms with Crippen molar-refractivity contribution in [2.45, 2.75) is 42.7 Å². The van der Waals surface area contributed by atoms with Gasteiger partial charge in [0.05, 0.1) is 5.92 Å². The first-order chi connectivity index (χ1) is 10.6. The smallest absolute Gasteiger partial charge is 0.252 e. The fourth-order valence-electron chi connectivity index (χ4n) is 2.66. The summed E-state index contributed by atoms with van der Waals surface area (Å²) in [5.74, 6) is 1.26. The molecule has 1 aliphatic heterocycles. The fourth-order valence-corrected chi connectivity index (χ4v) is 5.33. The van der Waals surface area contributed by atoms with Gasteiger partial charge < -0.3 is 4.52 Å². The average molecular weight is 341 g/mol. The SMILES string of the molecule is CCCc1noc([C@@H]2CCCN(S(=O)(=O)c3cccs3)C2)n1. The summed E-state index contributed by atoms with van der Waals surface area (Å²) < 4.78 is 32.5. The minimum atomic E-state index is -3.40. The highest BCUT2D eigenvalue weighted by Crippen LogP contribution is 2.30. The lowest BCUT2D eigenvalue weighted by Crippen LogP contribution is -2.38. The van der Waals surface area contributed by atoms with Crippen LogP contribution in [-0.4, -0.2) is 36.0 Å². The number of rotatable bonds is 5. The molecule has 0 aromatic carbocycles. The standard InChI is InChI=1S/C14H19N3O3S2/c1-2-5-12-15-14(20-16-12)11-6-3-8-17(10-11)22(18,19)13-7-4-9-21-13/h4,7,9,11H,2-3,5-6,8,10H2,1H3/t11-/m1/s1. The molecule has 8 heteroatoms. The Hall–Kier alpha value is -1.25. The van der Waals surface area contributed by atoms with Gasteiger partial charge >= 0.3 is 0 Å². The summed E-state index contributed by atoms with van der Waals surface area (Å²) in [7, 11) is -3.40. The lowest BCUT2D eigenvalue weighted by atomic mass is 10.00. The number of sulfonamides is 1. The van der Waals surface area contributed by atoms with Gasteiger partial charge in [-0.2, -0.15) is 9.29 Å². The van der Waals surface area contributed by atoms with Gasteiger partial charge in [0.1, 0.15) is 4.21 Å². The predicted molar refractivity (Wildman–Crippen MR) is 83.3 cm³/mol. The lowest BCUT2D eigenvalue weighted by Gasteiger charge is -2.29. The minimum absolute atomic E-state index is 0.0124. The van der Waals surface area contributed by atoms with Crippen molar-refractivity contribution in [2.75, 3.05) is 13.1 Å². The maximum absolute atomic E-state index is 12.6. The topological polar surface area (TPSA) is 76.3 Å². The van der Waals surface area contributed by atoms with Crippen LogP contribution in [0.15, 0.2) is 26.2 Å². The molecular formula is C14H19N3O3S2. The van der Waals surface area contributed by atoms with Crippen LogP contribution in [0.1, 0.15) is 43.8 Å². The van der Waals surface area contributed by atoms with E-state index >= 15 is 0 Å². The van der Waals surface area contributed by atoms with E-state index in [1.54, 1.807) is 17.5 Å². The number of piperidine rings is 1. The Kier molecular flexibility index (Phi) is 4.60. The summed E-state index contributed by atoms with van der Waals surface area (Å²) in [6.07, 6.45) is 3.43. The molecule has 1 saturated heterocycles. The Bertz CT molecular complexity index is 710. The molecule has 2 aromatic rings. The largest absolute Gasteiger partial charge is 0.339 e. The average Bonchev–Trinajstić information content (AvgIpc) is 3.19. The molecule has 1 atom stereocenters. The second kappa shape index (κ2) is 6.47. The van der Waals surface area contributed by atoms with Crippen LogP contribution < -0.4 is 0 Å². The van der Waals surface area contributed by atoms with E-state index in [0.717, 1.165) is 25.7 Å². The number of thiophene rings is 1. The van der Waals surface area contributed by atoms with E-state index in [1.807, 2.05) is 0 Å². The normalized spacial score (nSPS) is 20.3. The van der Waals surface area contributed by atoms with Crippen molar-refractivity contribution in [1.82, 2.24) is 14.4 Å². The molecule has 1 aliphatic rings. The zero-order chi connectivity index (χ0) is 15.6. The van der Waals surface area contributed by atoms with Crippen molar-refractivity contribution in [3.8, 4) is 0 Å². The number of hydrogen-bond acceptors (Lipinski definition) is 6. The zero-order valence-corrected chi connectivity index (χ0v) is 14.1. The van der Waals surface area contributed by atoms with Gasteiger partial charge in [0.25, 0.3) is 10.0 Å². The van der Waals surface area contributed by atoms with Crippen molar-refractivity contribution in [3.63, 3.8) is 0 Å². The first kappa shape index (κ1) is 15.6. The van der Waals surface area contributed by atoms with Gasteiger partial charge in [-0.15, -0.1) is 11.3 Å². The zero-order valence-electron chi connectivity index (χ0n) is 12.4. The van der Waals surface area contributed by atoms with Crippen molar-refractivity contribution >= 4 is 21.4 Å². The molecule has 0 radical (unpaired) electrons. The molecule has 6 nitrogen and oxygen atoms in total. The van der Waals surface area contributed by atoms with Crippen molar-refractivity contribution in [3.05, 3.63) is 29.2 Å². The summed E-state index contributed by atoms with van der Waals surface area (Å²) in [6.45, 7) is 3.02. The number of hydrogen-bond donors (Lipinski definition) is 0. The summed E-state index contributed by atoms with van der Waals surface area (Å²) in [4.78, 5) is 4.41. The molecule has 3 rings (SSSR count). The molecule has 1 fully saturated rings. The van der Waals surface area contributed by atoms with Gasteiger partial charge in [-0.25, -0.2) is 8.42 Å². The monoisotopic (exact) mass is 341 g/mol. The molecule has 0 saturated carbocycles. The second-order valence-corrected chi connectivity index (χ2v) is 8.55. The number of nitrogens with zero attached hydrogens (tertiary/aromatic N) is 3. The Morgan fingerprint density at radius 2 is 2.36 bits per heavy atom. The highest BCUT2D eigenvalue weighted by Gasteiger charge is 2.33. The number of aryl methyl sites for hydroxylation is 1. The molecule has 0 aliphatic carbocycles. The molecule has 3 heterocycles. The summed E-state index contributed by atoms with van der Waals surface area (Å²) >= 11 is 1.25. The summed E-state index contributed by atoms with van der Waals surface area (Å²) in [5.41, 5.74) is 0. The van der Waals surface area contributed by atoms with E-state index < -0.39 is 10.0 Å². The van der Waals surface area contributed by atoms with E-state index in [1.165, 1.54) is 15.6 Å². The van der Waals surface area contributed by atoms with Crippen LogP contribution in [0.4, 0.5) is 0 Å². The molecule has 0 amide bonds. The van der Waals surface area contributed by atoms with Crippen molar-refractivity contribution in [2.24, 2.45) is 0 Å². The molecule has 0 bridgehead atoms. The van der Waals surface area contributed by atoms with Gasteiger partial charge in [0, 0.05) is 19.5 Å². The maximum Gasteiger partial charge on any atom is 0.252 e. The fraction of sp³-hybridized carbons (Fsp3) is 0.571. The Labute approximate surface area is 134 Å². The van der Waals surface area contributed by atoms with Gasteiger partial charge in [-0.3, -0.25) is 0 Å². The minimum Gasteiger partial charge on any atom is -0.339 e. The molecule has 120 valence electrons. The van der Waals surface area contributed by atoms with Gasteiger partial charge in [0.2, 0.25) is 5.89 Å². The van der Waals surface area contributed by atoms with Crippen LogP contribution in [0.2, 0.25) is 0 Å². The Morgan fingerprint density at radius 3 is 3.09 bits per heavy atom. The first-order valence-electron chi connectivity index (χ1n) is 7.47. The van der Waals surface area contributed by atoms with E-state index in [0.29, 0.717) is 29.0 Å². The van der Waals surface area contributed by atoms with Crippen LogP contribution >= 0.6 is 11.3 Å². The third kappa shape index (κ3) is 3.09. The van der Waals surface area contributed by atoms with Crippen LogP contribution in [0, 0.1) is 0 Å². The molecule has 0 spiro atoms. The van der Waals surface area contributed by atoms with Gasteiger partial charge in [-0.05, 0) is 30.7 Å². The van der Waals surface area contributed by atoms with Crippen molar-refractivity contribution in [1.29, 1.82) is 0 Å². The quantitative estimate of drug-likeness (QED) is 0.835. The van der Waals surface area contributed by atoms with Crippen molar-refractivity contribution < 1.29 is 12.9 Å². The van der Waals surface area contributed by atoms with E-state index in [-0.39, 0.29) is 5.92 Å². The first-order valence-corrected chi connectivity index (χ1v) is 9.79. The third-order valence-corrected chi connectivity index (χ3v) is 7.02. The van der Waals surface area contributed by atoms with Crippen LogP contribution in [0.25, 0.3) is 0 Å². The third-order valence-electron chi connectivity index (χ3n) is 3.78. The maximum atomic E-state index is 12.6. The lowest BCUT2D eigenvalue weighted by molar-refractivity contribution is 0.265. The van der Waals surface area contributed by atoms with Crippen LogP contribution in [0.5, 0.6) is 0 Å². The Balaban J connectivity index is 1.76. The Morgan fingerprint density at radius 1 is 1.50 bits per heavy atom. The second-order valence-electron chi connectivity index (χ2n) is 5.43. The van der Waals surface area contributed by atoms with Crippen LogP contribution in [-0.2, 0) is 16.4 Å².